The Balaban J connectivity index is 1.52. The molecule has 3 aromatic carbocycles. The van der Waals surface area contributed by atoms with Gasteiger partial charge < -0.3 is 18.9 Å². The molecule has 0 aromatic heterocycles. The highest BCUT2D eigenvalue weighted by molar-refractivity contribution is 9.09. The number of carbonyl (C=O) groups excluding carboxylic acids is 3. The molecular formula is C29H27BrO7. The minimum Gasteiger partial charge on any atom is -0.459 e. The second-order valence-electron chi connectivity index (χ2n) is 8.96. The second-order valence-corrected chi connectivity index (χ2v) is 9.86. The zero-order chi connectivity index (χ0) is 26.5. The van der Waals surface area contributed by atoms with Gasteiger partial charge in [0.25, 0.3) is 0 Å². The van der Waals surface area contributed by atoms with Gasteiger partial charge in [0.1, 0.15) is 12.7 Å². The topological polar surface area (TPSA) is 88.1 Å². The smallest absolute Gasteiger partial charge is 0.338 e. The fourth-order valence-corrected chi connectivity index (χ4v) is 4.46. The third-order valence-electron chi connectivity index (χ3n) is 5.98. The molecule has 1 saturated heterocycles. The van der Waals surface area contributed by atoms with E-state index in [-0.39, 0.29) is 6.61 Å². The Hall–Kier alpha value is -3.49. The molecule has 3 aromatic rings. The number of rotatable bonds is 7. The summed E-state index contributed by atoms with van der Waals surface area (Å²) < 4.78 is 22.9. The van der Waals surface area contributed by atoms with E-state index >= 15 is 0 Å². The highest BCUT2D eigenvalue weighted by Gasteiger charge is 2.49. The lowest BCUT2D eigenvalue weighted by Crippen LogP contribution is -2.41. The predicted octanol–water partition coefficient (Wildman–Crippen LogP) is 5.34. The van der Waals surface area contributed by atoms with Gasteiger partial charge in [-0.15, -0.1) is 0 Å². The molecule has 0 amide bonds. The molecule has 0 radical (unpaired) electrons. The molecule has 1 aliphatic rings. The number of hydrogen-bond acceptors (Lipinski definition) is 7. The molecule has 1 aliphatic heterocycles. The Morgan fingerprint density at radius 3 is 1.46 bits per heavy atom. The van der Waals surface area contributed by atoms with Crippen LogP contribution in [0.25, 0.3) is 0 Å². The van der Waals surface area contributed by atoms with Gasteiger partial charge in [0.2, 0.25) is 0 Å². The van der Waals surface area contributed by atoms with E-state index < -0.39 is 41.2 Å². The molecule has 1 fully saturated rings. The van der Waals surface area contributed by atoms with Crippen molar-refractivity contribution in [3.63, 3.8) is 0 Å². The van der Waals surface area contributed by atoms with Crippen molar-refractivity contribution in [2.45, 2.75) is 44.1 Å². The maximum Gasteiger partial charge on any atom is 0.338 e. The summed E-state index contributed by atoms with van der Waals surface area (Å²) in [5.74, 6) is -1.74. The fraction of sp³-hybridized carbons (Fsp3) is 0.276. The summed E-state index contributed by atoms with van der Waals surface area (Å²) in [6, 6.07) is 20.8. The van der Waals surface area contributed by atoms with Crippen molar-refractivity contribution in [3.8, 4) is 0 Å². The second kappa shape index (κ2) is 11.7. The Labute approximate surface area is 223 Å². The third-order valence-corrected chi connectivity index (χ3v) is 6.72. The van der Waals surface area contributed by atoms with Gasteiger partial charge in [0, 0.05) is 0 Å². The molecule has 0 N–H and O–H groups in total. The predicted molar refractivity (Wildman–Crippen MR) is 140 cm³/mol. The monoisotopic (exact) mass is 566 g/mol. The average molecular weight is 567 g/mol. The Bertz CT molecular complexity index is 1250. The fourth-order valence-electron chi connectivity index (χ4n) is 3.77. The van der Waals surface area contributed by atoms with Crippen LogP contribution in [-0.2, 0) is 18.9 Å². The maximum absolute atomic E-state index is 13.0. The van der Waals surface area contributed by atoms with Gasteiger partial charge in [-0.3, -0.25) is 0 Å². The van der Waals surface area contributed by atoms with E-state index in [1.807, 2.05) is 32.9 Å². The normalized spacial score (nSPS) is 20.8. The number of alkyl halides is 1. The van der Waals surface area contributed by atoms with Crippen molar-refractivity contribution in [1.29, 1.82) is 0 Å². The lowest BCUT2D eigenvalue weighted by atomic mass is 10.1. The van der Waals surface area contributed by atoms with Crippen molar-refractivity contribution in [2.75, 3.05) is 6.61 Å². The summed E-state index contributed by atoms with van der Waals surface area (Å²) in [4.78, 5) is 38.4. The first kappa shape index (κ1) is 26.6. The Morgan fingerprint density at radius 1 is 0.649 bits per heavy atom. The quantitative estimate of drug-likeness (QED) is 0.216. The van der Waals surface area contributed by atoms with E-state index in [1.165, 1.54) is 0 Å². The van der Waals surface area contributed by atoms with Crippen LogP contribution in [0.15, 0.2) is 72.8 Å². The van der Waals surface area contributed by atoms with Gasteiger partial charge in [-0.1, -0.05) is 69.0 Å². The number of halogens is 1. The van der Waals surface area contributed by atoms with Crippen molar-refractivity contribution in [1.82, 2.24) is 0 Å². The van der Waals surface area contributed by atoms with Gasteiger partial charge in [-0.2, -0.15) is 0 Å². The Morgan fingerprint density at radius 2 is 1.03 bits per heavy atom. The molecule has 0 aliphatic carbocycles. The summed E-state index contributed by atoms with van der Waals surface area (Å²) in [6.07, 6.45) is -2.88. The molecular weight excluding hydrogens is 540 g/mol. The molecule has 192 valence electrons. The summed E-state index contributed by atoms with van der Waals surface area (Å²) in [5.41, 5.74) is 4.08. The van der Waals surface area contributed by atoms with Crippen molar-refractivity contribution in [3.05, 3.63) is 106 Å². The zero-order valence-corrected chi connectivity index (χ0v) is 22.3. The van der Waals surface area contributed by atoms with E-state index in [0.29, 0.717) is 16.7 Å². The van der Waals surface area contributed by atoms with Crippen molar-refractivity contribution >= 4 is 33.8 Å². The van der Waals surface area contributed by atoms with Crippen LogP contribution in [-0.4, -0.2) is 47.8 Å². The van der Waals surface area contributed by atoms with Gasteiger partial charge in [0.05, 0.1) is 16.7 Å². The van der Waals surface area contributed by atoms with Crippen LogP contribution in [0.4, 0.5) is 0 Å². The van der Waals surface area contributed by atoms with Crippen LogP contribution in [0.5, 0.6) is 0 Å². The standard InChI is InChI=1S/C29H27BrO7/c1-17-4-10-20(11-5-17)27(31)34-16-23-24(36-28(32)21-12-6-18(2)7-13-21)25(26(30)35-23)37-29(33)22-14-8-19(3)9-15-22/h4-15,23-26H,16H2,1-3H3. The van der Waals surface area contributed by atoms with Gasteiger partial charge in [0.15, 0.2) is 17.2 Å². The number of ether oxygens (including phenoxy) is 4. The number of esters is 3. The SMILES string of the molecule is Cc1ccc(C(=O)OCC2OC(Br)C(OC(=O)c3ccc(C)cc3)C2OC(=O)c2ccc(C)cc2)cc1. The van der Waals surface area contributed by atoms with Crippen LogP contribution in [0, 0.1) is 20.8 Å². The molecule has 1 heterocycles. The summed E-state index contributed by atoms with van der Waals surface area (Å²) in [7, 11) is 0. The van der Waals surface area contributed by atoms with Crippen LogP contribution >= 0.6 is 15.9 Å². The lowest BCUT2D eigenvalue weighted by Gasteiger charge is -2.23. The van der Waals surface area contributed by atoms with E-state index in [1.54, 1.807) is 60.7 Å². The van der Waals surface area contributed by atoms with E-state index in [4.69, 9.17) is 18.9 Å². The molecule has 7 nitrogen and oxygen atoms in total. The van der Waals surface area contributed by atoms with Gasteiger partial charge in [-0.25, -0.2) is 14.4 Å². The van der Waals surface area contributed by atoms with Crippen LogP contribution in [0.3, 0.4) is 0 Å². The van der Waals surface area contributed by atoms with Crippen LogP contribution in [0.1, 0.15) is 47.8 Å². The highest BCUT2D eigenvalue weighted by atomic mass is 79.9. The van der Waals surface area contributed by atoms with E-state index in [0.717, 1.165) is 16.7 Å². The Kier molecular flexibility index (Phi) is 8.41. The van der Waals surface area contributed by atoms with Gasteiger partial charge in [-0.05, 0) is 57.2 Å². The summed E-state index contributed by atoms with van der Waals surface area (Å²) in [6.45, 7) is 5.54. The minimum atomic E-state index is -1.03. The first-order chi connectivity index (χ1) is 17.7. The molecule has 8 heteroatoms. The number of hydrogen-bond donors (Lipinski definition) is 0. The number of carbonyl (C=O) groups is 3. The summed E-state index contributed by atoms with van der Waals surface area (Å²) in [5, 5.41) is -0.791. The maximum atomic E-state index is 13.0. The third kappa shape index (κ3) is 6.64. The first-order valence-electron chi connectivity index (χ1n) is 11.8. The molecule has 4 unspecified atom stereocenters. The largest absolute Gasteiger partial charge is 0.459 e. The zero-order valence-electron chi connectivity index (χ0n) is 20.7. The first-order valence-corrected chi connectivity index (χ1v) is 12.7. The van der Waals surface area contributed by atoms with Crippen molar-refractivity contribution < 1.29 is 33.3 Å². The van der Waals surface area contributed by atoms with E-state index in [9.17, 15) is 14.4 Å². The number of benzene rings is 3. The molecule has 4 rings (SSSR count). The minimum absolute atomic E-state index is 0.209. The highest BCUT2D eigenvalue weighted by Crippen LogP contribution is 2.32. The molecule has 0 bridgehead atoms. The van der Waals surface area contributed by atoms with Crippen LogP contribution < -0.4 is 0 Å². The molecule has 37 heavy (non-hydrogen) atoms. The summed E-state index contributed by atoms with van der Waals surface area (Å²) >= 11 is 3.38. The van der Waals surface area contributed by atoms with E-state index in [2.05, 4.69) is 15.9 Å². The lowest BCUT2D eigenvalue weighted by molar-refractivity contribution is -0.0435. The van der Waals surface area contributed by atoms with Crippen molar-refractivity contribution in [2.24, 2.45) is 0 Å². The molecule has 4 atom stereocenters. The van der Waals surface area contributed by atoms with Crippen LogP contribution in [0.2, 0.25) is 0 Å². The number of aryl methyl sites for hydroxylation is 3. The van der Waals surface area contributed by atoms with Gasteiger partial charge >= 0.3 is 17.9 Å². The average Bonchev–Trinajstić information content (AvgIpc) is 3.17. The molecule has 0 saturated carbocycles. The molecule has 0 spiro atoms.